The second kappa shape index (κ2) is 8.67. The van der Waals surface area contributed by atoms with Crippen LogP contribution in [0, 0.1) is 5.92 Å². The van der Waals surface area contributed by atoms with Gasteiger partial charge in [-0.1, -0.05) is 33.3 Å². The molecule has 1 unspecified atom stereocenters. The Morgan fingerprint density at radius 3 is 2.62 bits per heavy atom. The predicted octanol–water partition coefficient (Wildman–Crippen LogP) is 3.34. The van der Waals surface area contributed by atoms with E-state index in [-0.39, 0.29) is 24.5 Å². The van der Waals surface area contributed by atoms with Gasteiger partial charge in [0.2, 0.25) is 0 Å². The van der Waals surface area contributed by atoms with Crippen LogP contribution in [0.5, 0.6) is 0 Å². The van der Waals surface area contributed by atoms with E-state index < -0.39 is 5.97 Å². The molecule has 1 atom stereocenters. The Hall–Kier alpha value is -1.56. The van der Waals surface area contributed by atoms with E-state index >= 15 is 0 Å². The van der Waals surface area contributed by atoms with Gasteiger partial charge in [0.1, 0.15) is 6.54 Å². The lowest BCUT2D eigenvalue weighted by Crippen LogP contribution is -2.45. The Balaban J connectivity index is 2.74. The van der Waals surface area contributed by atoms with Crippen molar-refractivity contribution in [2.45, 2.75) is 39.7 Å². The SMILES string of the molecule is CCCC(NC(=O)N(CC(=O)O)CC(C)C)c1cccs1. The number of carboxylic acid groups (broad SMARTS) is 1. The van der Waals surface area contributed by atoms with Crippen LogP contribution >= 0.6 is 11.3 Å². The van der Waals surface area contributed by atoms with Crippen LogP contribution in [0.4, 0.5) is 4.79 Å². The van der Waals surface area contributed by atoms with Gasteiger partial charge < -0.3 is 15.3 Å². The Bertz CT molecular complexity index is 446. The second-order valence-electron chi connectivity index (χ2n) is 5.47. The number of carboxylic acids is 1. The number of nitrogens with one attached hydrogen (secondary N) is 1. The molecule has 5 nitrogen and oxygen atoms in total. The van der Waals surface area contributed by atoms with Gasteiger partial charge in [-0.2, -0.15) is 0 Å². The fraction of sp³-hybridized carbons (Fsp3) is 0.600. The van der Waals surface area contributed by atoms with Gasteiger partial charge in [-0.25, -0.2) is 4.79 Å². The van der Waals surface area contributed by atoms with Crippen LogP contribution in [0.25, 0.3) is 0 Å². The number of nitrogens with zero attached hydrogens (tertiary/aromatic N) is 1. The van der Waals surface area contributed by atoms with Gasteiger partial charge in [0.15, 0.2) is 0 Å². The molecule has 0 radical (unpaired) electrons. The lowest BCUT2D eigenvalue weighted by atomic mass is 10.1. The second-order valence-corrected chi connectivity index (χ2v) is 6.45. The van der Waals surface area contributed by atoms with Gasteiger partial charge in [-0.3, -0.25) is 4.79 Å². The minimum absolute atomic E-state index is 0.0500. The molecule has 1 aromatic heterocycles. The molecule has 2 amide bonds. The standard InChI is InChI=1S/C15H24N2O3S/c1-4-6-12(13-7-5-8-21-13)16-15(20)17(9-11(2)3)10-14(18)19/h5,7-8,11-12H,4,6,9-10H2,1-3H3,(H,16,20)(H,18,19). The van der Waals surface area contributed by atoms with Gasteiger partial charge in [-0.05, 0) is 23.8 Å². The number of rotatable bonds is 8. The molecule has 1 heterocycles. The smallest absolute Gasteiger partial charge is 0.323 e. The van der Waals surface area contributed by atoms with Crippen LogP contribution in [0.3, 0.4) is 0 Å². The normalized spacial score (nSPS) is 12.2. The monoisotopic (exact) mass is 312 g/mol. The van der Waals surface area contributed by atoms with E-state index in [0.29, 0.717) is 6.54 Å². The van der Waals surface area contributed by atoms with Crippen LogP contribution < -0.4 is 5.32 Å². The van der Waals surface area contributed by atoms with Crippen molar-refractivity contribution in [1.29, 1.82) is 0 Å². The molecule has 1 aromatic rings. The fourth-order valence-corrected chi connectivity index (χ4v) is 2.94. The summed E-state index contributed by atoms with van der Waals surface area (Å²) < 4.78 is 0. The number of aliphatic carboxylic acids is 1. The number of thiophene rings is 1. The quantitative estimate of drug-likeness (QED) is 0.773. The maximum absolute atomic E-state index is 12.4. The van der Waals surface area contributed by atoms with E-state index in [1.54, 1.807) is 11.3 Å². The molecule has 6 heteroatoms. The lowest BCUT2D eigenvalue weighted by molar-refractivity contribution is -0.137. The average molecular weight is 312 g/mol. The first-order valence-electron chi connectivity index (χ1n) is 7.24. The largest absolute Gasteiger partial charge is 0.480 e. The summed E-state index contributed by atoms with van der Waals surface area (Å²) in [4.78, 5) is 25.7. The number of amides is 2. The zero-order chi connectivity index (χ0) is 15.8. The van der Waals surface area contributed by atoms with Crippen molar-refractivity contribution in [2.24, 2.45) is 5.92 Å². The zero-order valence-electron chi connectivity index (χ0n) is 12.8. The summed E-state index contributed by atoms with van der Waals surface area (Å²) in [7, 11) is 0. The van der Waals surface area contributed by atoms with Gasteiger partial charge in [-0.15, -0.1) is 11.3 Å². The highest BCUT2D eigenvalue weighted by Crippen LogP contribution is 2.23. The molecule has 0 spiro atoms. The summed E-state index contributed by atoms with van der Waals surface area (Å²) >= 11 is 1.60. The summed E-state index contributed by atoms with van der Waals surface area (Å²) in [6.45, 7) is 6.15. The third-order valence-corrected chi connectivity index (χ3v) is 3.95. The van der Waals surface area contributed by atoms with Crippen LogP contribution in [0.1, 0.15) is 44.5 Å². The molecule has 0 aromatic carbocycles. The van der Waals surface area contributed by atoms with E-state index in [2.05, 4.69) is 12.2 Å². The number of hydrogen-bond donors (Lipinski definition) is 2. The molecule has 0 saturated carbocycles. The van der Waals surface area contributed by atoms with Crippen LogP contribution in [-0.2, 0) is 4.79 Å². The third kappa shape index (κ3) is 6.16. The average Bonchev–Trinajstić information content (AvgIpc) is 2.90. The molecule has 0 aliphatic carbocycles. The summed E-state index contributed by atoms with van der Waals surface area (Å²) in [6.07, 6.45) is 1.79. The van der Waals surface area contributed by atoms with Crippen molar-refractivity contribution in [3.63, 3.8) is 0 Å². The van der Waals surface area contributed by atoms with Gasteiger partial charge in [0.25, 0.3) is 0 Å². The van der Waals surface area contributed by atoms with Crippen molar-refractivity contribution >= 4 is 23.3 Å². The first-order valence-corrected chi connectivity index (χ1v) is 8.12. The number of hydrogen-bond acceptors (Lipinski definition) is 3. The number of carbonyl (C=O) groups is 2. The van der Waals surface area contributed by atoms with E-state index in [4.69, 9.17) is 5.11 Å². The Morgan fingerprint density at radius 1 is 1.43 bits per heavy atom. The molecule has 0 aliphatic heterocycles. The van der Waals surface area contributed by atoms with E-state index in [0.717, 1.165) is 17.7 Å². The first-order chi connectivity index (χ1) is 9.93. The van der Waals surface area contributed by atoms with Gasteiger partial charge >= 0.3 is 12.0 Å². The Labute approximate surface area is 130 Å². The molecule has 0 aliphatic rings. The predicted molar refractivity (Wildman–Crippen MR) is 84.5 cm³/mol. The Morgan fingerprint density at radius 2 is 2.14 bits per heavy atom. The minimum Gasteiger partial charge on any atom is -0.480 e. The fourth-order valence-electron chi connectivity index (χ4n) is 2.13. The molecule has 118 valence electrons. The van der Waals surface area contributed by atoms with Crippen LogP contribution in [0.2, 0.25) is 0 Å². The molecular weight excluding hydrogens is 288 g/mol. The lowest BCUT2D eigenvalue weighted by Gasteiger charge is -2.26. The molecule has 21 heavy (non-hydrogen) atoms. The zero-order valence-corrected chi connectivity index (χ0v) is 13.7. The summed E-state index contributed by atoms with van der Waals surface area (Å²) in [5, 5.41) is 13.9. The molecule has 0 saturated heterocycles. The number of urea groups is 1. The molecule has 2 N–H and O–H groups in total. The van der Waals surface area contributed by atoms with Gasteiger partial charge in [0, 0.05) is 11.4 Å². The van der Waals surface area contributed by atoms with E-state index in [9.17, 15) is 9.59 Å². The highest BCUT2D eigenvalue weighted by molar-refractivity contribution is 7.10. The van der Waals surface area contributed by atoms with Crippen molar-refractivity contribution < 1.29 is 14.7 Å². The number of carbonyl (C=O) groups excluding carboxylic acids is 1. The molecular formula is C15H24N2O3S. The van der Waals surface area contributed by atoms with Crippen molar-refractivity contribution in [2.75, 3.05) is 13.1 Å². The minimum atomic E-state index is -0.992. The van der Waals surface area contributed by atoms with E-state index in [1.165, 1.54) is 4.90 Å². The van der Waals surface area contributed by atoms with Crippen LogP contribution in [0.15, 0.2) is 17.5 Å². The van der Waals surface area contributed by atoms with Crippen molar-refractivity contribution in [3.05, 3.63) is 22.4 Å². The highest BCUT2D eigenvalue weighted by Gasteiger charge is 2.21. The Kier molecular flexibility index (Phi) is 7.22. The summed E-state index contributed by atoms with van der Waals surface area (Å²) in [6, 6.07) is 3.59. The molecule has 0 fully saturated rings. The summed E-state index contributed by atoms with van der Waals surface area (Å²) in [5.74, 6) is -0.768. The maximum Gasteiger partial charge on any atom is 0.323 e. The van der Waals surface area contributed by atoms with Crippen molar-refractivity contribution in [1.82, 2.24) is 10.2 Å². The van der Waals surface area contributed by atoms with Crippen molar-refractivity contribution in [3.8, 4) is 0 Å². The van der Waals surface area contributed by atoms with Gasteiger partial charge in [0.05, 0.1) is 6.04 Å². The summed E-state index contributed by atoms with van der Waals surface area (Å²) in [5.41, 5.74) is 0. The molecule has 0 bridgehead atoms. The maximum atomic E-state index is 12.4. The highest BCUT2D eigenvalue weighted by atomic mass is 32.1. The molecule has 1 rings (SSSR count). The topological polar surface area (TPSA) is 69.6 Å². The van der Waals surface area contributed by atoms with E-state index in [1.807, 2.05) is 31.4 Å². The van der Waals surface area contributed by atoms with Crippen LogP contribution in [-0.4, -0.2) is 35.1 Å². The first kappa shape index (κ1) is 17.5. The third-order valence-electron chi connectivity index (χ3n) is 2.96.